The first-order chi connectivity index (χ1) is 44.0. The summed E-state index contributed by atoms with van der Waals surface area (Å²) in [4.78, 5) is 2.23. The molecule has 0 bridgehead atoms. The van der Waals surface area contributed by atoms with Gasteiger partial charge in [0, 0.05) is 59.0 Å². The number of benzene rings is 6. The zero-order chi connectivity index (χ0) is 66.0. The summed E-state index contributed by atoms with van der Waals surface area (Å²) in [7, 11) is -0.731. The summed E-state index contributed by atoms with van der Waals surface area (Å²) in [5.74, 6) is 0. The van der Waals surface area contributed by atoms with Crippen LogP contribution >= 0.6 is 63.7 Å². The monoisotopic (exact) mass is 1510 g/mol. The Kier molecular flexibility index (Phi) is 28.3. The first-order valence-electron chi connectivity index (χ1n) is 34.6. The van der Waals surface area contributed by atoms with Crippen LogP contribution in [0.1, 0.15) is 215 Å². The van der Waals surface area contributed by atoms with Gasteiger partial charge in [-0.1, -0.05) is 223 Å². The number of halogens is 4. The van der Waals surface area contributed by atoms with E-state index in [4.69, 9.17) is 32.8 Å². The minimum Gasteiger partial charge on any atom is -0.399 e. The molecule has 3 saturated heterocycles. The number of unbranched alkanes of at least 4 members (excludes halogenated alkanes) is 13. The molecule has 0 amide bonds. The van der Waals surface area contributed by atoms with Crippen molar-refractivity contribution in [2.45, 2.75) is 233 Å². The molecule has 3 heterocycles. The number of ether oxygens (including phenoxy) is 3. The minimum atomic E-state index is -0.370. The van der Waals surface area contributed by atoms with Gasteiger partial charge in [0.05, 0.1) is 48.8 Å². The quantitative estimate of drug-likeness (QED) is 0.0315. The third-order valence-electron chi connectivity index (χ3n) is 20.1. The van der Waals surface area contributed by atoms with E-state index in [-0.39, 0.29) is 42.1 Å². The van der Waals surface area contributed by atoms with Gasteiger partial charge in [-0.15, -0.1) is 0 Å². The van der Waals surface area contributed by atoms with Gasteiger partial charge in [-0.05, 0) is 211 Å². The van der Waals surface area contributed by atoms with E-state index < -0.39 is 0 Å². The van der Waals surface area contributed by atoms with Crippen molar-refractivity contribution in [2.75, 3.05) is 37.9 Å². The molecule has 0 spiro atoms. The van der Waals surface area contributed by atoms with E-state index in [2.05, 4.69) is 278 Å². The third kappa shape index (κ3) is 19.8. The van der Waals surface area contributed by atoms with Crippen molar-refractivity contribution in [3.05, 3.63) is 168 Å². The van der Waals surface area contributed by atoms with E-state index in [0.29, 0.717) is 12.0 Å². The molecule has 6 aromatic rings. The second kappa shape index (κ2) is 34.9. The summed E-state index contributed by atoms with van der Waals surface area (Å²) in [6, 6.07) is 47.4. The van der Waals surface area contributed by atoms with Crippen LogP contribution < -0.4 is 15.8 Å². The Hall–Kier alpha value is -3.11. The first-order valence-corrected chi connectivity index (χ1v) is 37.8. The van der Waals surface area contributed by atoms with Crippen molar-refractivity contribution in [3.63, 3.8) is 0 Å². The van der Waals surface area contributed by atoms with Crippen LogP contribution in [0, 0.1) is 5.41 Å². The Morgan fingerprint density at radius 1 is 0.413 bits per heavy atom. The fraction of sp³-hybridized carbons (Fsp3) is 0.538. The summed E-state index contributed by atoms with van der Waals surface area (Å²) >= 11 is 13.9. The Morgan fingerprint density at radius 3 is 1.12 bits per heavy atom. The van der Waals surface area contributed by atoms with Crippen LogP contribution in [0.3, 0.4) is 0 Å². The second-order valence-corrected chi connectivity index (χ2v) is 31.8. The Labute approximate surface area is 589 Å². The summed E-state index contributed by atoms with van der Waals surface area (Å²) in [5, 5.41) is 0. The maximum atomic E-state index is 6.60. The fourth-order valence-electron chi connectivity index (χ4n) is 12.7. The van der Waals surface area contributed by atoms with Crippen molar-refractivity contribution < 1.29 is 32.8 Å². The number of hydrogen-bond donors (Lipinski definition) is 0. The molecule has 498 valence electrons. The number of nitrogens with zero attached hydrogens (tertiary/aromatic N) is 1. The van der Waals surface area contributed by atoms with Crippen LogP contribution in [0.4, 0.5) is 17.1 Å². The summed E-state index contributed by atoms with van der Waals surface area (Å²) in [6.45, 7) is 29.0. The van der Waals surface area contributed by atoms with E-state index >= 15 is 0 Å². The SMILES string of the molecule is Brc1ccc(N(c2ccc(Br)cc2)c2ccc(Br)cc2)cc1.CCC1(COCCCCCCOCc2ccc(Br)cc2)COC1.CCCCCCCCC1(CCCCCCCC)c2cc(B3OC(C)(C)C(C)(C)O3)ccc2-c2ccc(B3OC(C)(C)C(C)(C)O3)cc21. The lowest BCUT2D eigenvalue weighted by Gasteiger charge is -2.40. The van der Waals surface area contributed by atoms with Gasteiger partial charge in [-0.3, -0.25) is 0 Å². The first kappa shape index (κ1) is 74.7. The van der Waals surface area contributed by atoms with Crippen molar-refractivity contribution in [2.24, 2.45) is 5.41 Å². The number of hydrogen-bond acceptors (Lipinski definition) is 8. The predicted octanol–water partition coefficient (Wildman–Crippen LogP) is 22.5. The van der Waals surface area contributed by atoms with E-state index in [1.54, 1.807) is 0 Å². The molecule has 0 radical (unpaired) electrons. The van der Waals surface area contributed by atoms with Gasteiger partial charge < -0.3 is 37.7 Å². The van der Waals surface area contributed by atoms with Crippen molar-refractivity contribution in [1.82, 2.24) is 0 Å². The summed E-state index contributed by atoms with van der Waals surface area (Å²) in [6.07, 6.45) is 23.8. The molecule has 1 aliphatic carbocycles. The smallest absolute Gasteiger partial charge is 0.399 e. The molecule has 3 aliphatic heterocycles. The third-order valence-corrected chi connectivity index (χ3v) is 22.2. The molecular weight excluding hydrogens is 1400 g/mol. The van der Waals surface area contributed by atoms with Crippen LogP contribution in [0.25, 0.3) is 11.1 Å². The topological polar surface area (TPSA) is 67.9 Å². The molecule has 10 rings (SSSR count). The average Bonchev–Trinajstić information content (AvgIpc) is 1.56. The van der Waals surface area contributed by atoms with E-state index in [1.165, 1.54) is 118 Å². The maximum Gasteiger partial charge on any atom is 0.494 e. The van der Waals surface area contributed by atoms with Crippen molar-refractivity contribution >= 4 is 106 Å². The van der Waals surface area contributed by atoms with Gasteiger partial charge in [0.2, 0.25) is 0 Å². The van der Waals surface area contributed by atoms with Crippen LogP contribution in [0.15, 0.2) is 151 Å². The molecule has 0 unspecified atom stereocenters. The van der Waals surface area contributed by atoms with Gasteiger partial charge in [-0.25, -0.2) is 0 Å². The van der Waals surface area contributed by atoms with Crippen molar-refractivity contribution in [1.29, 1.82) is 0 Å². The number of rotatable bonds is 31. The molecule has 92 heavy (non-hydrogen) atoms. The standard InChI is InChI=1S/C41H64B2O4.C19H29BrO3.C18H12Br3N/c1-11-13-15-17-19-21-27-41(28-22-20-18-16-14-12-2)35-29-31(42-44-37(3,4)38(5,6)45-42)23-25-33(35)34-26-24-32(30-36(34)41)43-46-39(7,8)40(9,10)47-43;1-2-19(15-23-16-19)14-22-12-6-4-3-5-11-21-13-17-7-9-18(20)10-8-17;19-13-1-7-16(8-2-13)22(17-9-3-14(20)4-10-17)18-11-5-15(21)6-12-18/h23-26,29-30H,11-22,27-28H2,1-10H3;7-10H,2-6,11-16H2,1H3;1-12H. The van der Waals surface area contributed by atoms with Gasteiger partial charge in [0.15, 0.2) is 0 Å². The highest BCUT2D eigenvalue weighted by molar-refractivity contribution is 9.11. The second-order valence-electron chi connectivity index (χ2n) is 28.2. The predicted molar refractivity (Wildman–Crippen MR) is 401 cm³/mol. The van der Waals surface area contributed by atoms with E-state index in [1.807, 2.05) is 0 Å². The highest BCUT2D eigenvalue weighted by Gasteiger charge is 2.54. The molecule has 3 fully saturated rings. The van der Waals surface area contributed by atoms with Gasteiger partial charge >= 0.3 is 14.2 Å². The molecule has 6 aromatic carbocycles. The summed E-state index contributed by atoms with van der Waals surface area (Å²) < 4.78 is 47.5. The highest BCUT2D eigenvalue weighted by atomic mass is 79.9. The van der Waals surface area contributed by atoms with E-state index in [0.717, 1.165) is 111 Å². The van der Waals surface area contributed by atoms with Crippen LogP contribution in [0.2, 0.25) is 0 Å². The van der Waals surface area contributed by atoms with Crippen LogP contribution in [0.5, 0.6) is 0 Å². The van der Waals surface area contributed by atoms with Gasteiger partial charge in [0.1, 0.15) is 0 Å². The molecule has 0 atom stereocenters. The largest absolute Gasteiger partial charge is 0.494 e. The lowest BCUT2D eigenvalue weighted by molar-refractivity contribution is -0.150. The van der Waals surface area contributed by atoms with E-state index in [9.17, 15) is 0 Å². The lowest BCUT2D eigenvalue weighted by Crippen LogP contribution is -2.45. The lowest BCUT2D eigenvalue weighted by atomic mass is 9.67. The van der Waals surface area contributed by atoms with Crippen LogP contribution in [-0.4, -0.2) is 69.7 Å². The Balaban J connectivity index is 0.000000201. The molecule has 0 N–H and O–H groups in total. The number of fused-ring (bicyclic) bond motifs is 3. The normalized spacial score (nSPS) is 17.5. The number of anilines is 3. The Bertz CT molecular complexity index is 2940. The molecular formula is C78H105B2Br4NO7. The van der Waals surface area contributed by atoms with Gasteiger partial charge in [0.25, 0.3) is 0 Å². The zero-order valence-electron chi connectivity index (χ0n) is 57.4. The molecule has 0 aromatic heterocycles. The van der Waals surface area contributed by atoms with Crippen LogP contribution in [-0.2, 0) is 44.8 Å². The van der Waals surface area contributed by atoms with Crippen molar-refractivity contribution in [3.8, 4) is 11.1 Å². The maximum absolute atomic E-state index is 6.60. The molecule has 0 saturated carbocycles. The molecule has 8 nitrogen and oxygen atoms in total. The minimum absolute atomic E-state index is 0.0561. The Morgan fingerprint density at radius 2 is 0.761 bits per heavy atom. The fourth-order valence-corrected chi connectivity index (χ4v) is 13.7. The van der Waals surface area contributed by atoms with Gasteiger partial charge in [-0.2, -0.15) is 0 Å². The highest BCUT2D eigenvalue weighted by Crippen LogP contribution is 2.54. The summed E-state index contributed by atoms with van der Waals surface area (Å²) in [5.41, 5.74) is 11.3. The molecule has 14 heteroatoms. The zero-order valence-corrected chi connectivity index (χ0v) is 63.7. The average molecular weight is 1510 g/mol. The molecule has 4 aliphatic rings.